The van der Waals surface area contributed by atoms with Crippen LogP contribution in [-0.4, -0.2) is 38.5 Å². The number of rotatable bonds is 6. The van der Waals surface area contributed by atoms with E-state index in [0.717, 1.165) is 25.2 Å². The van der Waals surface area contributed by atoms with Crippen LogP contribution in [0.25, 0.3) is 11.3 Å². The van der Waals surface area contributed by atoms with Gasteiger partial charge in [0.25, 0.3) is 0 Å². The van der Waals surface area contributed by atoms with Crippen LogP contribution in [0.15, 0.2) is 23.6 Å². The molecule has 1 heterocycles. The van der Waals surface area contributed by atoms with E-state index in [2.05, 4.69) is 10.3 Å². The molecule has 0 spiro atoms. The summed E-state index contributed by atoms with van der Waals surface area (Å²) in [6.45, 7) is 7.38. The molecule has 2 aromatic rings. The van der Waals surface area contributed by atoms with Crippen molar-refractivity contribution in [2.45, 2.75) is 26.0 Å². The molecule has 0 radical (unpaired) electrons. The minimum atomic E-state index is -0.934. The van der Waals surface area contributed by atoms with Crippen LogP contribution in [0.1, 0.15) is 20.8 Å². The first kappa shape index (κ1) is 20.7. The van der Waals surface area contributed by atoms with E-state index in [1.54, 1.807) is 12.3 Å². The van der Waals surface area contributed by atoms with Crippen LogP contribution in [0.2, 0.25) is 0 Å². The number of thioether (sulfide) groups is 1. The van der Waals surface area contributed by atoms with E-state index in [4.69, 9.17) is 12.2 Å². The van der Waals surface area contributed by atoms with Gasteiger partial charge in [-0.1, -0.05) is 24.0 Å². The molecule has 0 fully saturated rings. The Bertz CT molecular complexity index is 793. The third-order valence-corrected chi connectivity index (χ3v) is 5.95. The van der Waals surface area contributed by atoms with Crippen molar-refractivity contribution in [3.63, 3.8) is 0 Å². The molecule has 9 heteroatoms. The number of carbonyl (C=O) groups excluding carboxylic acids is 1. The Labute approximate surface area is 165 Å². The molecular formula is C17H19F2N3OS3. The summed E-state index contributed by atoms with van der Waals surface area (Å²) in [5, 5.41) is 4.44. The Morgan fingerprint density at radius 1 is 1.35 bits per heavy atom. The lowest BCUT2D eigenvalue weighted by Gasteiger charge is -2.22. The van der Waals surface area contributed by atoms with Crippen molar-refractivity contribution in [2.75, 3.05) is 18.4 Å². The van der Waals surface area contributed by atoms with Gasteiger partial charge in [-0.25, -0.2) is 13.8 Å². The van der Waals surface area contributed by atoms with Gasteiger partial charge in [-0.15, -0.1) is 11.3 Å². The highest BCUT2D eigenvalue weighted by molar-refractivity contribution is 8.23. The van der Waals surface area contributed by atoms with Crippen molar-refractivity contribution in [3.8, 4) is 11.3 Å². The zero-order chi connectivity index (χ0) is 19.3. The van der Waals surface area contributed by atoms with E-state index in [0.29, 0.717) is 20.7 Å². The fraction of sp³-hybridized carbons (Fsp3) is 0.353. The fourth-order valence-electron chi connectivity index (χ4n) is 2.09. The monoisotopic (exact) mass is 415 g/mol. The summed E-state index contributed by atoms with van der Waals surface area (Å²) in [5.74, 6) is -2.06. The van der Waals surface area contributed by atoms with Crippen LogP contribution in [0.4, 0.5) is 13.9 Å². The first-order valence-corrected chi connectivity index (χ1v) is 10.2. The molecule has 2 rings (SSSR count). The van der Waals surface area contributed by atoms with Crippen LogP contribution >= 0.6 is 35.3 Å². The number of nitrogens with zero attached hydrogens (tertiary/aromatic N) is 2. The maximum atomic E-state index is 13.3. The minimum Gasteiger partial charge on any atom is -0.358 e. The van der Waals surface area contributed by atoms with Crippen molar-refractivity contribution < 1.29 is 13.6 Å². The smallest absolute Gasteiger partial charge is 0.239 e. The first-order valence-electron chi connectivity index (χ1n) is 8.03. The minimum absolute atomic E-state index is 0.212. The molecule has 0 unspecified atom stereocenters. The molecule has 1 atom stereocenters. The van der Waals surface area contributed by atoms with Crippen molar-refractivity contribution in [1.29, 1.82) is 0 Å². The van der Waals surface area contributed by atoms with Gasteiger partial charge in [-0.2, -0.15) is 0 Å². The second kappa shape index (κ2) is 9.38. The number of hydrogen-bond acceptors (Lipinski definition) is 5. The van der Waals surface area contributed by atoms with Gasteiger partial charge in [0.2, 0.25) is 5.91 Å². The zero-order valence-corrected chi connectivity index (χ0v) is 17.0. The van der Waals surface area contributed by atoms with Crippen LogP contribution in [0, 0.1) is 11.6 Å². The molecule has 1 aromatic heterocycles. The van der Waals surface area contributed by atoms with Crippen molar-refractivity contribution in [1.82, 2.24) is 9.88 Å². The lowest BCUT2D eigenvalue weighted by molar-refractivity contribution is -0.115. The second-order valence-corrected chi connectivity index (χ2v) is 8.19. The number of carbonyl (C=O) groups is 1. The summed E-state index contributed by atoms with van der Waals surface area (Å²) < 4.78 is 27.1. The molecule has 4 nitrogen and oxygen atoms in total. The number of hydrogen-bond donors (Lipinski definition) is 1. The number of aromatic nitrogens is 1. The first-order chi connectivity index (χ1) is 12.3. The van der Waals surface area contributed by atoms with Crippen molar-refractivity contribution in [2.24, 2.45) is 0 Å². The van der Waals surface area contributed by atoms with Crippen molar-refractivity contribution >= 4 is 50.7 Å². The molecule has 0 saturated heterocycles. The van der Waals surface area contributed by atoms with Crippen molar-refractivity contribution in [3.05, 3.63) is 35.2 Å². The number of thiocarbonyl (C=S) groups is 1. The second-order valence-electron chi connectivity index (χ2n) is 5.35. The molecule has 140 valence electrons. The standard InChI is InChI=1S/C17H19F2N3OS3/c1-4-22(5-2)17(24)26-10(3)15(23)21-16-20-14(9-25-16)11-6-7-12(18)13(19)8-11/h6-10H,4-5H2,1-3H3,(H,20,21,23)/t10-/m0/s1. The third-order valence-electron chi connectivity index (χ3n) is 3.62. The molecule has 1 N–H and O–H groups in total. The number of halogens is 2. The molecule has 1 aromatic carbocycles. The van der Waals surface area contributed by atoms with E-state index in [-0.39, 0.29) is 11.2 Å². The lowest BCUT2D eigenvalue weighted by Crippen LogP contribution is -2.31. The number of amides is 1. The third kappa shape index (κ3) is 5.21. The average Bonchev–Trinajstić information content (AvgIpc) is 3.06. The Morgan fingerprint density at radius 2 is 2.04 bits per heavy atom. The molecular weight excluding hydrogens is 396 g/mol. The van der Waals surface area contributed by atoms with Gasteiger partial charge in [0.15, 0.2) is 16.8 Å². The van der Waals surface area contributed by atoms with Gasteiger partial charge in [0.05, 0.1) is 10.9 Å². The summed E-state index contributed by atoms with van der Waals surface area (Å²) >= 11 is 7.90. The molecule has 0 bridgehead atoms. The Hall–Kier alpha value is -1.58. The van der Waals surface area contributed by atoms with Crippen LogP contribution < -0.4 is 5.32 Å². The molecule has 0 aliphatic rings. The van der Waals surface area contributed by atoms with E-state index < -0.39 is 11.6 Å². The van der Waals surface area contributed by atoms with Crippen LogP contribution in [-0.2, 0) is 4.79 Å². The van der Waals surface area contributed by atoms with Gasteiger partial charge < -0.3 is 10.2 Å². The molecule has 1 amide bonds. The Morgan fingerprint density at radius 3 is 2.65 bits per heavy atom. The summed E-state index contributed by atoms with van der Waals surface area (Å²) in [6.07, 6.45) is 0. The predicted octanol–water partition coefficient (Wildman–Crippen LogP) is 4.78. The van der Waals surface area contributed by atoms with Crippen LogP contribution in [0.3, 0.4) is 0 Å². The highest BCUT2D eigenvalue weighted by Crippen LogP contribution is 2.27. The summed E-state index contributed by atoms with van der Waals surface area (Å²) in [7, 11) is 0. The SMILES string of the molecule is CCN(CC)C(=S)S[C@@H](C)C(=O)Nc1nc(-c2ccc(F)c(F)c2)cs1. The number of anilines is 1. The zero-order valence-electron chi connectivity index (χ0n) is 14.6. The van der Waals surface area contributed by atoms with Gasteiger partial charge >= 0.3 is 0 Å². The number of thiazole rings is 1. The summed E-state index contributed by atoms with van der Waals surface area (Å²) in [4.78, 5) is 18.6. The lowest BCUT2D eigenvalue weighted by atomic mass is 10.2. The Kier molecular flexibility index (Phi) is 7.48. The Balaban J connectivity index is 2.00. The molecule has 0 aliphatic carbocycles. The maximum absolute atomic E-state index is 13.3. The molecule has 0 saturated carbocycles. The highest BCUT2D eigenvalue weighted by Gasteiger charge is 2.19. The topological polar surface area (TPSA) is 45.2 Å². The maximum Gasteiger partial charge on any atom is 0.239 e. The fourth-order valence-corrected chi connectivity index (χ4v) is 4.38. The van der Waals surface area contributed by atoms with Gasteiger partial charge in [0, 0.05) is 24.0 Å². The van der Waals surface area contributed by atoms with E-state index >= 15 is 0 Å². The quantitative estimate of drug-likeness (QED) is 0.688. The van der Waals surface area contributed by atoms with Crippen LogP contribution in [0.5, 0.6) is 0 Å². The molecule has 26 heavy (non-hydrogen) atoms. The predicted molar refractivity (Wildman–Crippen MR) is 109 cm³/mol. The summed E-state index contributed by atoms with van der Waals surface area (Å²) in [5.41, 5.74) is 0.925. The van der Waals surface area contributed by atoms with E-state index in [1.807, 2.05) is 18.7 Å². The largest absolute Gasteiger partial charge is 0.358 e. The van der Waals surface area contributed by atoms with E-state index in [1.165, 1.54) is 29.2 Å². The van der Waals surface area contributed by atoms with Gasteiger partial charge in [-0.3, -0.25) is 4.79 Å². The number of nitrogens with one attached hydrogen (secondary N) is 1. The average molecular weight is 416 g/mol. The van der Waals surface area contributed by atoms with Gasteiger partial charge in [-0.05, 0) is 39.0 Å². The van der Waals surface area contributed by atoms with Gasteiger partial charge in [0.1, 0.15) is 4.32 Å². The highest BCUT2D eigenvalue weighted by atomic mass is 32.2. The molecule has 0 aliphatic heterocycles. The summed E-state index contributed by atoms with van der Waals surface area (Å²) in [6, 6.07) is 3.58. The van der Waals surface area contributed by atoms with E-state index in [9.17, 15) is 13.6 Å². The normalized spacial score (nSPS) is 11.9. The number of benzene rings is 1.